The zero-order valence-electron chi connectivity index (χ0n) is 16.2. The van der Waals surface area contributed by atoms with Crippen molar-refractivity contribution in [2.24, 2.45) is 0 Å². The van der Waals surface area contributed by atoms with E-state index in [0.29, 0.717) is 16.7 Å². The maximum Gasteiger partial charge on any atom is 0.227 e. The molecule has 0 N–H and O–H groups in total. The molecule has 4 heteroatoms. The molecular weight excluding hydrogens is 438 g/mol. The third kappa shape index (κ3) is 4.97. The number of nitrogens with zero attached hydrogens (tertiary/aromatic N) is 1. The van der Waals surface area contributed by atoms with Crippen LogP contribution >= 0.6 is 0 Å². The summed E-state index contributed by atoms with van der Waals surface area (Å²) in [5, 5.41) is 0. The molecule has 3 aromatic carbocycles. The van der Waals surface area contributed by atoms with Crippen LogP contribution in [-0.4, -0.2) is 11.6 Å². The average Bonchev–Trinajstić information content (AvgIpc) is 2.80. The first-order chi connectivity index (χ1) is 14.2. The topological polar surface area (TPSA) is 38.0 Å². The van der Waals surface area contributed by atoms with Gasteiger partial charge in [0, 0.05) is 28.8 Å². The Morgan fingerprint density at radius 3 is 1.67 bits per heavy atom. The summed E-state index contributed by atoms with van der Waals surface area (Å²) in [6.45, 7) is 0.227. The normalized spacial score (nSPS) is 10.1. The molecule has 1 aromatic heterocycles. The SMILES string of the molecule is O=C(C[n+]1ccc(C(=O)c2ccccc2)cc1)c1ccc(-c2ccccc2)cc1.[Br-]. The van der Waals surface area contributed by atoms with Gasteiger partial charge < -0.3 is 17.0 Å². The van der Waals surface area contributed by atoms with Crippen LogP contribution in [0.25, 0.3) is 11.1 Å². The van der Waals surface area contributed by atoms with Gasteiger partial charge in [-0.05, 0) is 11.1 Å². The van der Waals surface area contributed by atoms with E-state index in [-0.39, 0.29) is 35.1 Å². The van der Waals surface area contributed by atoms with E-state index < -0.39 is 0 Å². The average molecular weight is 458 g/mol. The second-order valence-electron chi connectivity index (χ2n) is 6.82. The first-order valence-corrected chi connectivity index (χ1v) is 9.48. The van der Waals surface area contributed by atoms with Gasteiger partial charge in [-0.2, -0.15) is 4.57 Å². The lowest BCUT2D eigenvalue weighted by Gasteiger charge is -2.04. The Labute approximate surface area is 186 Å². The largest absolute Gasteiger partial charge is 1.00 e. The van der Waals surface area contributed by atoms with Crippen LogP contribution in [0.15, 0.2) is 109 Å². The number of hydrogen-bond acceptors (Lipinski definition) is 2. The Morgan fingerprint density at radius 1 is 0.567 bits per heavy atom. The van der Waals surface area contributed by atoms with E-state index in [4.69, 9.17) is 0 Å². The number of halogens is 1. The summed E-state index contributed by atoms with van der Waals surface area (Å²) in [5.41, 5.74) is 4.13. The van der Waals surface area contributed by atoms with E-state index in [1.54, 1.807) is 41.2 Å². The number of Topliss-reactive ketones (excluding diaryl/α,β-unsaturated/α-hetero) is 1. The van der Waals surface area contributed by atoms with Crippen LogP contribution in [0.1, 0.15) is 26.3 Å². The minimum atomic E-state index is -0.0272. The van der Waals surface area contributed by atoms with Gasteiger partial charge in [-0.25, -0.2) is 0 Å². The maximum atomic E-state index is 12.6. The molecule has 0 bridgehead atoms. The first-order valence-electron chi connectivity index (χ1n) is 9.48. The van der Waals surface area contributed by atoms with Gasteiger partial charge in [-0.3, -0.25) is 9.59 Å². The highest BCUT2D eigenvalue weighted by Gasteiger charge is 2.14. The lowest BCUT2D eigenvalue weighted by molar-refractivity contribution is -0.683. The maximum absolute atomic E-state index is 12.6. The standard InChI is InChI=1S/C26H20NO2.BrH/c28-25(22-13-11-21(12-14-22)20-7-3-1-4-8-20)19-27-17-15-24(16-18-27)26(29)23-9-5-2-6-10-23;/h1-18H,19H2;1H/q+1;/p-1. The Hall–Kier alpha value is -3.37. The van der Waals surface area contributed by atoms with Crippen molar-refractivity contribution in [1.29, 1.82) is 0 Å². The molecule has 1 heterocycles. The Bertz CT molecular complexity index is 1120. The van der Waals surface area contributed by atoms with Gasteiger partial charge in [0.05, 0.1) is 0 Å². The minimum Gasteiger partial charge on any atom is -1.00 e. The number of carbonyl (C=O) groups excluding carboxylic acids is 2. The molecule has 0 saturated carbocycles. The summed E-state index contributed by atoms with van der Waals surface area (Å²) >= 11 is 0. The van der Waals surface area contributed by atoms with E-state index in [1.165, 1.54) is 0 Å². The molecule has 4 rings (SSSR count). The summed E-state index contributed by atoms with van der Waals surface area (Å²) in [6.07, 6.45) is 3.54. The predicted molar refractivity (Wildman–Crippen MR) is 113 cm³/mol. The fourth-order valence-corrected chi connectivity index (χ4v) is 3.21. The van der Waals surface area contributed by atoms with Gasteiger partial charge >= 0.3 is 0 Å². The van der Waals surface area contributed by atoms with Crippen molar-refractivity contribution in [2.75, 3.05) is 0 Å². The molecule has 0 saturated heterocycles. The molecule has 0 spiro atoms. The number of benzene rings is 3. The fourth-order valence-electron chi connectivity index (χ4n) is 3.21. The molecular formula is C26H20BrNO2. The van der Waals surface area contributed by atoms with Gasteiger partial charge in [0.2, 0.25) is 12.3 Å². The zero-order valence-corrected chi connectivity index (χ0v) is 17.8. The van der Waals surface area contributed by atoms with Crippen LogP contribution in [0.2, 0.25) is 0 Å². The lowest BCUT2D eigenvalue weighted by atomic mass is 10.0. The Balaban J connectivity index is 0.00000256. The lowest BCUT2D eigenvalue weighted by Crippen LogP contribution is -3.00. The summed E-state index contributed by atoms with van der Waals surface area (Å²) in [6, 6.07) is 30.4. The van der Waals surface area contributed by atoms with Crippen molar-refractivity contribution >= 4 is 11.6 Å². The van der Waals surface area contributed by atoms with E-state index >= 15 is 0 Å². The van der Waals surface area contributed by atoms with Crippen LogP contribution in [0, 0.1) is 0 Å². The number of ketones is 2. The van der Waals surface area contributed by atoms with Gasteiger partial charge in [0.1, 0.15) is 0 Å². The summed E-state index contributed by atoms with van der Waals surface area (Å²) in [5.74, 6) is -0.00248. The quantitative estimate of drug-likeness (QED) is 0.326. The first kappa shape index (κ1) is 21.3. The molecule has 3 nitrogen and oxygen atoms in total. The van der Waals surface area contributed by atoms with Gasteiger partial charge in [-0.1, -0.05) is 84.9 Å². The number of aromatic nitrogens is 1. The molecule has 4 aromatic rings. The van der Waals surface area contributed by atoms with Crippen LogP contribution in [0.3, 0.4) is 0 Å². The number of pyridine rings is 1. The molecule has 0 aliphatic rings. The molecule has 0 radical (unpaired) electrons. The zero-order chi connectivity index (χ0) is 20.1. The highest BCUT2D eigenvalue weighted by molar-refractivity contribution is 6.08. The Kier molecular flexibility index (Phi) is 7.04. The summed E-state index contributed by atoms with van der Waals surface area (Å²) in [7, 11) is 0. The van der Waals surface area contributed by atoms with Crippen molar-refractivity contribution in [3.63, 3.8) is 0 Å². The number of rotatable bonds is 6. The van der Waals surface area contributed by atoms with Crippen molar-refractivity contribution in [1.82, 2.24) is 0 Å². The summed E-state index contributed by atoms with van der Waals surface area (Å²) < 4.78 is 1.79. The van der Waals surface area contributed by atoms with Crippen LogP contribution < -0.4 is 21.5 Å². The minimum absolute atomic E-state index is 0. The van der Waals surface area contributed by atoms with Crippen molar-refractivity contribution in [3.05, 3.63) is 126 Å². The van der Waals surface area contributed by atoms with Gasteiger partial charge in [0.25, 0.3) is 0 Å². The van der Waals surface area contributed by atoms with Gasteiger partial charge in [0.15, 0.2) is 18.2 Å². The highest BCUT2D eigenvalue weighted by Crippen LogP contribution is 2.19. The van der Waals surface area contributed by atoms with E-state index in [2.05, 4.69) is 0 Å². The number of hydrogen-bond donors (Lipinski definition) is 0. The monoisotopic (exact) mass is 457 g/mol. The van der Waals surface area contributed by atoms with Crippen molar-refractivity contribution < 1.29 is 31.1 Å². The molecule has 30 heavy (non-hydrogen) atoms. The highest BCUT2D eigenvalue weighted by atomic mass is 79.9. The van der Waals surface area contributed by atoms with Crippen molar-refractivity contribution in [2.45, 2.75) is 6.54 Å². The molecule has 148 valence electrons. The molecule has 0 unspecified atom stereocenters. The van der Waals surface area contributed by atoms with E-state index in [9.17, 15) is 9.59 Å². The smallest absolute Gasteiger partial charge is 0.227 e. The van der Waals surface area contributed by atoms with Gasteiger partial charge in [-0.15, -0.1) is 0 Å². The Morgan fingerprint density at radius 2 is 1.07 bits per heavy atom. The van der Waals surface area contributed by atoms with E-state index in [0.717, 1.165) is 11.1 Å². The second-order valence-corrected chi connectivity index (χ2v) is 6.82. The number of carbonyl (C=O) groups is 2. The molecule has 0 fully saturated rings. The molecule has 0 atom stereocenters. The third-order valence-corrected chi connectivity index (χ3v) is 4.83. The molecule has 0 aliphatic carbocycles. The fraction of sp³-hybridized carbons (Fsp3) is 0.0385. The molecule has 0 amide bonds. The summed E-state index contributed by atoms with van der Waals surface area (Å²) in [4.78, 5) is 25.1. The second kappa shape index (κ2) is 9.90. The third-order valence-electron chi connectivity index (χ3n) is 4.83. The van der Waals surface area contributed by atoms with Crippen LogP contribution in [-0.2, 0) is 6.54 Å². The molecule has 0 aliphatic heterocycles. The van der Waals surface area contributed by atoms with Crippen LogP contribution in [0.5, 0.6) is 0 Å². The van der Waals surface area contributed by atoms with Crippen molar-refractivity contribution in [3.8, 4) is 11.1 Å². The predicted octanol–water partition coefficient (Wildman–Crippen LogP) is 1.76. The van der Waals surface area contributed by atoms with E-state index in [1.807, 2.05) is 72.8 Å². The van der Waals surface area contributed by atoms with Crippen LogP contribution in [0.4, 0.5) is 0 Å².